The lowest BCUT2D eigenvalue weighted by atomic mass is 10.3. The van der Waals surface area contributed by atoms with E-state index in [9.17, 15) is 0 Å². The van der Waals surface area contributed by atoms with Crippen molar-refractivity contribution in [1.29, 1.82) is 0 Å². The van der Waals surface area contributed by atoms with E-state index in [2.05, 4.69) is 25.9 Å². The van der Waals surface area contributed by atoms with Crippen LogP contribution in [0.2, 0.25) is 10.3 Å². The smallest absolute Gasteiger partial charge is 0.169 e. The predicted octanol–water partition coefficient (Wildman–Crippen LogP) is 4.12. The third kappa shape index (κ3) is 3.31. The Kier molecular flexibility index (Phi) is 4.20. The van der Waals surface area contributed by atoms with Gasteiger partial charge in [-0.25, -0.2) is 9.97 Å². The first-order valence-electron chi connectivity index (χ1n) is 4.72. The summed E-state index contributed by atoms with van der Waals surface area (Å²) in [7, 11) is 0. The first kappa shape index (κ1) is 12.6. The zero-order chi connectivity index (χ0) is 12.3. The van der Waals surface area contributed by atoms with Crippen LogP contribution >= 0.6 is 39.1 Å². The first-order valence-corrected chi connectivity index (χ1v) is 6.27. The Hall–Kier alpha value is -0.840. The maximum Gasteiger partial charge on any atom is 0.169 e. The maximum absolute atomic E-state index is 5.86. The van der Waals surface area contributed by atoms with Crippen LogP contribution in [0, 0.1) is 0 Å². The second kappa shape index (κ2) is 5.67. The van der Waals surface area contributed by atoms with Crippen molar-refractivity contribution >= 4 is 39.1 Å². The molecule has 0 saturated heterocycles. The van der Waals surface area contributed by atoms with E-state index in [1.54, 1.807) is 0 Å². The van der Waals surface area contributed by atoms with Crippen molar-refractivity contribution in [3.8, 4) is 5.75 Å². The fourth-order valence-electron chi connectivity index (χ4n) is 1.16. The lowest BCUT2D eigenvalue weighted by molar-refractivity contribution is 0.296. The molecule has 0 bridgehead atoms. The normalized spacial score (nSPS) is 10.3. The molecule has 0 aliphatic carbocycles. The molecule has 0 N–H and O–H groups in total. The highest BCUT2D eigenvalue weighted by Crippen LogP contribution is 2.27. The van der Waals surface area contributed by atoms with Crippen molar-refractivity contribution in [2.24, 2.45) is 0 Å². The Morgan fingerprint density at radius 3 is 2.24 bits per heavy atom. The van der Waals surface area contributed by atoms with Crippen molar-refractivity contribution in [2.75, 3.05) is 0 Å². The molecule has 2 aromatic rings. The number of para-hydroxylation sites is 1. The number of benzene rings is 1. The molecule has 1 aromatic heterocycles. The predicted molar refractivity (Wildman–Crippen MR) is 70.5 cm³/mol. The van der Waals surface area contributed by atoms with Crippen LogP contribution in [0.4, 0.5) is 0 Å². The van der Waals surface area contributed by atoms with Crippen LogP contribution in [-0.4, -0.2) is 9.97 Å². The third-order valence-corrected chi connectivity index (χ3v) is 3.68. The van der Waals surface area contributed by atoms with Crippen LogP contribution in [0.25, 0.3) is 0 Å². The summed E-state index contributed by atoms with van der Waals surface area (Å²) in [6.07, 6.45) is 0. The van der Waals surface area contributed by atoms with Gasteiger partial charge in [0.1, 0.15) is 22.7 Å². The van der Waals surface area contributed by atoms with Gasteiger partial charge in [0.25, 0.3) is 0 Å². The number of ether oxygens (including phenoxy) is 1. The summed E-state index contributed by atoms with van der Waals surface area (Å²) in [4.78, 5) is 8.09. The van der Waals surface area contributed by atoms with Crippen LogP contribution in [0.3, 0.4) is 0 Å². The van der Waals surface area contributed by atoms with Gasteiger partial charge in [-0.15, -0.1) is 0 Å². The third-order valence-electron chi connectivity index (χ3n) is 1.93. The number of rotatable bonds is 3. The van der Waals surface area contributed by atoms with Gasteiger partial charge in [-0.05, 0) is 28.1 Å². The fourth-order valence-corrected chi connectivity index (χ4v) is 1.76. The summed E-state index contributed by atoms with van der Waals surface area (Å²) >= 11 is 14.9. The molecular formula is C11H7BrCl2N2O. The molecule has 2 rings (SSSR count). The van der Waals surface area contributed by atoms with E-state index in [0.29, 0.717) is 10.3 Å². The van der Waals surface area contributed by atoms with Crippen molar-refractivity contribution in [1.82, 2.24) is 9.97 Å². The summed E-state index contributed by atoms with van der Waals surface area (Å²) in [6, 6.07) is 9.39. The Bertz CT molecular complexity index is 499. The van der Waals surface area contributed by atoms with E-state index < -0.39 is 0 Å². The Labute approximate surface area is 117 Å². The molecule has 0 aliphatic rings. The second-order valence-electron chi connectivity index (χ2n) is 3.14. The Morgan fingerprint density at radius 1 is 1.06 bits per heavy atom. The topological polar surface area (TPSA) is 35.0 Å². The van der Waals surface area contributed by atoms with Crippen molar-refractivity contribution < 1.29 is 4.74 Å². The van der Waals surface area contributed by atoms with Crippen LogP contribution < -0.4 is 4.74 Å². The van der Waals surface area contributed by atoms with Crippen molar-refractivity contribution in [3.63, 3.8) is 0 Å². The SMILES string of the molecule is Clc1nc(COc2ccccc2)nc(Cl)c1Br. The van der Waals surface area contributed by atoms with Crippen LogP contribution in [0.5, 0.6) is 5.75 Å². The molecule has 17 heavy (non-hydrogen) atoms. The summed E-state index contributed by atoms with van der Waals surface area (Å²) in [5.74, 6) is 1.18. The van der Waals surface area contributed by atoms with Gasteiger partial charge in [0.2, 0.25) is 0 Å². The molecule has 0 fully saturated rings. The van der Waals surface area contributed by atoms with Gasteiger partial charge in [-0.1, -0.05) is 41.4 Å². The molecule has 6 heteroatoms. The minimum atomic E-state index is 0.219. The molecule has 0 spiro atoms. The highest BCUT2D eigenvalue weighted by atomic mass is 79.9. The number of nitrogens with zero attached hydrogens (tertiary/aromatic N) is 2. The molecule has 88 valence electrons. The molecule has 0 atom stereocenters. The van der Waals surface area contributed by atoms with Gasteiger partial charge in [0.05, 0.1) is 4.47 Å². The minimum Gasteiger partial charge on any atom is -0.486 e. The summed E-state index contributed by atoms with van der Waals surface area (Å²) in [5.41, 5.74) is 0. The highest BCUT2D eigenvalue weighted by Gasteiger charge is 2.09. The molecule has 3 nitrogen and oxygen atoms in total. The van der Waals surface area contributed by atoms with Crippen LogP contribution in [0.15, 0.2) is 34.8 Å². The van der Waals surface area contributed by atoms with Crippen molar-refractivity contribution in [3.05, 3.63) is 50.9 Å². The molecule has 0 unspecified atom stereocenters. The molecular weight excluding hydrogens is 327 g/mol. The molecule has 0 saturated carbocycles. The van der Waals surface area contributed by atoms with E-state index in [1.807, 2.05) is 30.3 Å². The van der Waals surface area contributed by atoms with E-state index >= 15 is 0 Å². The average molecular weight is 334 g/mol. The minimum absolute atomic E-state index is 0.219. The first-order chi connectivity index (χ1) is 8.16. The molecule has 0 amide bonds. The number of hydrogen-bond donors (Lipinski definition) is 0. The monoisotopic (exact) mass is 332 g/mol. The second-order valence-corrected chi connectivity index (χ2v) is 4.65. The maximum atomic E-state index is 5.86. The fraction of sp³-hybridized carbons (Fsp3) is 0.0909. The quantitative estimate of drug-likeness (QED) is 0.792. The van der Waals surface area contributed by atoms with E-state index in [1.165, 1.54) is 0 Å². The molecule has 1 heterocycles. The Balaban J connectivity index is 2.10. The number of aromatic nitrogens is 2. The lowest BCUT2D eigenvalue weighted by Crippen LogP contribution is -2.02. The highest BCUT2D eigenvalue weighted by molar-refractivity contribution is 9.10. The molecule has 1 aromatic carbocycles. The van der Waals surface area contributed by atoms with Gasteiger partial charge in [-0.3, -0.25) is 0 Å². The summed E-state index contributed by atoms with van der Waals surface area (Å²) in [5, 5.41) is 0.549. The van der Waals surface area contributed by atoms with E-state index in [0.717, 1.165) is 5.75 Å². The standard InChI is InChI=1S/C11H7BrCl2N2O/c12-9-10(13)15-8(16-11(9)14)6-17-7-4-2-1-3-5-7/h1-5H,6H2. The van der Waals surface area contributed by atoms with Crippen molar-refractivity contribution in [2.45, 2.75) is 6.61 Å². The largest absolute Gasteiger partial charge is 0.486 e. The van der Waals surface area contributed by atoms with Crippen LogP contribution in [-0.2, 0) is 6.61 Å². The molecule has 0 aliphatic heterocycles. The zero-order valence-electron chi connectivity index (χ0n) is 8.53. The van der Waals surface area contributed by atoms with Gasteiger partial charge in [0, 0.05) is 0 Å². The zero-order valence-corrected chi connectivity index (χ0v) is 11.6. The summed E-state index contributed by atoms with van der Waals surface area (Å²) in [6.45, 7) is 0.219. The van der Waals surface area contributed by atoms with Gasteiger partial charge < -0.3 is 4.74 Å². The van der Waals surface area contributed by atoms with Gasteiger partial charge in [-0.2, -0.15) is 0 Å². The number of hydrogen-bond acceptors (Lipinski definition) is 3. The Morgan fingerprint density at radius 2 is 1.65 bits per heavy atom. The number of halogens is 3. The average Bonchev–Trinajstić information content (AvgIpc) is 2.34. The van der Waals surface area contributed by atoms with E-state index in [4.69, 9.17) is 27.9 Å². The lowest BCUT2D eigenvalue weighted by Gasteiger charge is -2.06. The van der Waals surface area contributed by atoms with Gasteiger partial charge in [0.15, 0.2) is 5.82 Å². The summed E-state index contributed by atoms with van der Waals surface area (Å²) < 4.78 is 5.97. The van der Waals surface area contributed by atoms with E-state index in [-0.39, 0.29) is 16.9 Å². The van der Waals surface area contributed by atoms with Crippen LogP contribution in [0.1, 0.15) is 5.82 Å². The van der Waals surface area contributed by atoms with Gasteiger partial charge >= 0.3 is 0 Å². The molecule has 0 radical (unpaired) electrons.